The molecule has 0 radical (unpaired) electrons. The Morgan fingerprint density at radius 3 is 2.61 bits per heavy atom. The van der Waals surface area contributed by atoms with Crippen molar-refractivity contribution in [1.29, 1.82) is 0 Å². The topological polar surface area (TPSA) is 130 Å². The van der Waals surface area contributed by atoms with E-state index in [9.17, 15) is 17.5 Å². The number of hydrogen-bond acceptors (Lipinski definition) is 5. The summed E-state index contributed by atoms with van der Waals surface area (Å²) in [5, 5.41) is 8.37. The van der Waals surface area contributed by atoms with Crippen LogP contribution in [0.15, 0.2) is 20.5 Å². The summed E-state index contributed by atoms with van der Waals surface area (Å²) < 4.78 is 50.7. The standard InChI is InChI=1S/C13H20ClN3O4S2/c14-9-6-10-12(7-11(9)22(15,18)19)23(20,21)17-13(16-10)5-8-3-1-2-4-8/h8,13,16H,1-7H2,(H3-2,15,17,18,19,20,21). The number of nitrogens with one attached hydrogen (secondary N) is 2. The molecule has 10 heteroatoms. The average molecular weight is 382 g/mol. The van der Waals surface area contributed by atoms with Gasteiger partial charge in [0.05, 0.1) is 17.2 Å². The number of allylic oxidation sites excluding steroid dienone is 3. The van der Waals surface area contributed by atoms with E-state index in [4.69, 9.17) is 16.7 Å². The molecular formula is C13H20ClN3O4S2. The van der Waals surface area contributed by atoms with E-state index >= 15 is 0 Å². The van der Waals surface area contributed by atoms with E-state index in [1.165, 1.54) is 12.8 Å². The zero-order valence-corrected chi connectivity index (χ0v) is 14.9. The second kappa shape index (κ2) is 6.21. The summed E-state index contributed by atoms with van der Waals surface area (Å²) in [6.45, 7) is 0. The molecule has 0 aromatic heterocycles. The third-order valence-electron chi connectivity index (χ3n) is 4.65. The number of nitrogens with two attached hydrogens (primary N) is 1. The van der Waals surface area contributed by atoms with Gasteiger partial charge in [-0.15, -0.1) is 9.86 Å². The number of hydrogen-bond donors (Lipinski definition) is 3. The molecule has 1 fully saturated rings. The normalized spacial score (nSPS) is 35.0. The van der Waals surface area contributed by atoms with E-state index in [1.54, 1.807) is 0 Å². The molecule has 4 N–H and O–H groups in total. The molecule has 3 atom stereocenters. The van der Waals surface area contributed by atoms with Crippen molar-refractivity contribution in [1.82, 2.24) is 10.0 Å². The van der Waals surface area contributed by atoms with E-state index < -0.39 is 20.8 Å². The highest BCUT2D eigenvalue weighted by Crippen LogP contribution is 2.40. The Morgan fingerprint density at radius 2 is 2.00 bits per heavy atom. The molecular weight excluding hydrogens is 362 g/mol. The molecule has 1 aliphatic heterocycles. The fourth-order valence-corrected chi connectivity index (χ4v) is 6.33. The van der Waals surface area contributed by atoms with Crippen molar-refractivity contribution in [2.75, 3.05) is 0 Å². The van der Waals surface area contributed by atoms with Gasteiger partial charge in [0.25, 0.3) is 0 Å². The van der Waals surface area contributed by atoms with Gasteiger partial charge in [0, 0.05) is 6.42 Å². The van der Waals surface area contributed by atoms with E-state index in [0.717, 1.165) is 19.3 Å². The Hall–Kier alpha value is -0.290. The Kier molecular flexibility index (Phi) is 4.74. The first kappa shape index (κ1) is 17.5. The van der Waals surface area contributed by atoms with Crippen molar-refractivity contribution < 1.29 is 17.5 Å². The third kappa shape index (κ3) is 3.71. The fraction of sp³-hybridized carbons (Fsp3) is 0.692. The maximum absolute atomic E-state index is 12.5. The summed E-state index contributed by atoms with van der Waals surface area (Å²) >= 11 is 6.03. The molecule has 1 saturated carbocycles. The van der Waals surface area contributed by atoms with Gasteiger partial charge in [-0.3, -0.25) is 0 Å². The lowest BCUT2D eigenvalue weighted by Gasteiger charge is -2.35. The minimum absolute atomic E-state index is 0.0218. The van der Waals surface area contributed by atoms with Gasteiger partial charge in [-0.1, -0.05) is 45.7 Å². The van der Waals surface area contributed by atoms with Crippen LogP contribution < -0.4 is 15.2 Å². The second-order valence-electron chi connectivity index (χ2n) is 6.33. The summed E-state index contributed by atoms with van der Waals surface area (Å²) in [5.41, 5.74) is 0.476. The molecule has 7 nitrogen and oxygen atoms in total. The lowest BCUT2D eigenvalue weighted by molar-refractivity contribution is 0.364. The number of halogens is 1. The predicted octanol–water partition coefficient (Wildman–Crippen LogP) is 1.59. The molecule has 23 heavy (non-hydrogen) atoms. The Labute approximate surface area is 142 Å². The zero-order valence-electron chi connectivity index (χ0n) is 12.5. The van der Waals surface area contributed by atoms with Crippen LogP contribution in [0.4, 0.5) is 0 Å². The van der Waals surface area contributed by atoms with E-state index in [-0.39, 0.29) is 33.8 Å². The number of primary sulfonamides is 1. The van der Waals surface area contributed by atoms with E-state index in [1.807, 2.05) is 0 Å². The first-order valence-electron chi connectivity index (χ1n) is 7.58. The SMILES string of the molecule is N[S+](=O)([O-])C1=C(Cl)CC2=C(C1)[S+](=O)([O-])NC(CC1CCCC1)N2. The van der Waals surface area contributed by atoms with Crippen LogP contribution in [0.3, 0.4) is 0 Å². The van der Waals surface area contributed by atoms with Gasteiger partial charge in [-0.05, 0) is 12.3 Å². The van der Waals surface area contributed by atoms with Gasteiger partial charge in [0.15, 0.2) is 30.6 Å². The molecule has 130 valence electrons. The summed E-state index contributed by atoms with van der Waals surface area (Å²) in [5.74, 6) is 0.506. The van der Waals surface area contributed by atoms with Crippen molar-refractivity contribution in [3.8, 4) is 0 Å². The zero-order chi connectivity index (χ0) is 16.8. The maximum atomic E-state index is 12.5. The Balaban J connectivity index is 1.81. The van der Waals surface area contributed by atoms with Crippen molar-refractivity contribution >= 4 is 32.4 Å². The summed E-state index contributed by atoms with van der Waals surface area (Å²) in [7, 11) is -7.75. The molecule has 3 rings (SSSR count). The van der Waals surface area contributed by atoms with Crippen molar-refractivity contribution in [2.45, 2.75) is 51.1 Å². The minimum Gasteiger partial charge on any atom is -0.593 e. The molecule has 1 heterocycles. The fourth-order valence-electron chi connectivity index (χ4n) is 3.53. The van der Waals surface area contributed by atoms with Gasteiger partial charge >= 0.3 is 0 Å². The molecule has 3 aliphatic rings. The lowest BCUT2D eigenvalue weighted by Crippen LogP contribution is -2.54. The van der Waals surface area contributed by atoms with Gasteiger partial charge in [-0.25, -0.2) is 0 Å². The van der Waals surface area contributed by atoms with Crippen LogP contribution in [-0.4, -0.2) is 15.3 Å². The molecule has 0 spiro atoms. The quantitative estimate of drug-likeness (QED) is 0.639. The van der Waals surface area contributed by atoms with E-state index in [0.29, 0.717) is 11.6 Å². The van der Waals surface area contributed by atoms with Crippen LogP contribution >= 0.6 is 11.6 Å². The Morgan fingerprint density at radius 1 is 1.35 bits per heavy atom. The Bertz CT molecular complexity index is 666. The third-order valence-corrected chi connectivity index (χ3v) is 7.84. The van der Waals surface area contributed by atoms with Crippen molar-refractivity contribution in [3.05, 3.63) is 20.5 Å². The van der Waals surface area contributed by atoms with Gasteiger partial charge in [-0.2, -0.15) is 0 Å². The van der Waals surface area contributed by atoms with Crippen LogP contribution in [0.5, 0.6) is 0 Å². The van der Waals surface area contributed by atoms with Crippen molar-refractivity contribution in [3.63, 3.8) is 0 Å². The van der Waals surface area contributed by atoms with E-state index in [2.05, 4.69) is 10.0 Å². The second-order valence-corrected chi connectivity index (χ2v) is 10.1. The molecule has 2 aliphatic carbocycles. The highest BCUT2D eigenvalue weighted by Gasteiger charge is 2.43. The monoisotopic (exact) mass is 381 g/mol. The smallest absolute Gasteiger partial charge is 0.180 e. The first-order valence-corrected chi connectivity index (χ1v) is 11.0. The molecule has 0 saturated heterocycles. The van der Waals surface area contributed by atoms with Crippen LogP contribution in [0.25, 0.3) is 0 Å². The van der Waals surface area contributed by atoms with Crippen molar-refractivity contribution in [2.24, 2.45) is 11.1 Å². The number of rotatable bonds is 3. The predicted molar refractivity (Wildman–Crippen MR) is 87.6 cm³/mol. The summed E-state index contributed by atoms with van der Waals surface area (Å²) in [6, 6.07) is 0. The molecule has 0 aromatic carbocycles. The van der Waals surface area contributed by atoms with Crippen LogP contribution in [0.2, 0.25) is 0 Å². The lowest BCUT2D eigenvalue weighted by atomic mass is 10.0. The van der Waals surface area contributed by atoms with Crippen LogP contribution in [-0.2, 0) is 29.2 Å². The number of sulfonamides is 2. The first-order chi connectivity index (χ1) is 10.7. The summed E-state index contributed by atoms with van der Waals surface area (Å²) in [6.07, 6.45) is 4.69. The molecule has 0 amide bonds. The minimum atomic E-state index is -4.01. The van der Waals surface area contributed by atoms with Gasteiger partial charge in [0.2, 0.25) is 0 Å². The highest BCUT2D eigenvalue weighted by molar-refractivity contribution is 8.00. The van der Waals surface area contributed by atoms with Crippen LogP contribution in [0.1, 0.15) is 44.9 Å². The van der Waals surface area contributed by atoms with Gasteiger partial charge in [0.1, 0.15) is 6.17 Å². The maximum Gasteiger partial charge on any atom is 0.180 e. The average Bonchev–Trinajstić information content (AvgIpc) is 2.88. The highest BCUT2D eigenvalue weighted by atomic mass is 35.5. The van der Waals surface area contributed by atoms with Gasteiger partial charge < -0.3 is 14.4 Å². The molecule has 3 unspecified atom stereocenters. The molecule has 0 aromatic rings. The van der Waals surface area contributed by atoms with Crippen LogP contribution in [0, 0.1) is 5.92 Å². The molecule has 0 bridgehead atoms. The summed E-state index contributed by atoms with van der Waals surface area (Å²) in [4.78, 5) is -0.201. The largest absolute Gasteiger partial charge is 0.593 e.